The summed E-state index contributed by atoms with van der Waals surface area (Å²) in [7, 11) is 3.21. The van der Waals surface area contributed by atoms with E-state index in [1.54, 1.807) is 38.5 Å². The Kier molecular flexibility index (Phi) is 5.97. The Hall–Kier alpha value is -3.00. The van der Waals surface area contributed by atoms with Crippen molar-refractivity contribution in [3.8, 4) is 17.2 Å². The van der Waals surface area contributed by atoms with E-state index in [2.05, 4.69) is 15.5 Å². The Balaban J connectivity index is 1.78. The summed E-state index contributed by atoms with van der Waals surface area (Å²) in [5, 5.41) is 12.1. The number of hydrogen-bond donors (Lipinski definition) is 1. The first-order chi connectivity index (χ1) is 13.2. The zero-order valence-electron chi connectivity index (χ0n) is 15.3. The fraction of sp³-hybridized carbons (Fsp3) is 0.211. The van der Waals surface area contributed by atoms with Gasteiger partial charge in [-0.3, -0.25) is 9.36 Å². The molecule has 0 unspecified atom stereocenters. The molecule has 0 spiro atoms. The number of rotatable bonds is 7. The quantitative estimate of drug-likeness (QED) is 0.631. The first-order valence-corrected chi connectivity index (χ1v) is 9.43. The molecule has 8 heteroatoms. The summed E-state index contributed by atoms with van der Waals surface area (Å²) in [5.41, 5.74) is 1.45. The molecule has 1 heterocycles. The molecule has 0 aliphatic rings. The molecule has 0 radical (unpaired) electrons. The van der Waals surface area contributed by atoms with Crippen LogP contribution < -0.4 is 14.8 Å². The summed E-state index contributed by atoms with van der Waals surface area (Å²) in [6.07, 6.45) is 1.93. The highest BCUT2D eigenvalue weighted by Gasteiger charge is 2.15. The zero-order chi connectivity index (χ0) is 19.2. The highest BCUT2D eigenvalue weighted by atomic mass is 32.2. The van der Waals surface area contributed by atoms with Crippen molar-refractivity contribution >= 4 is 17.7 Å². The number of aromatic nitrogens is 3. The van der Waals surface area contributed by atoms with Crippen molar-refractivity contribution in [2.24, 2.45) is 0 Å². The lowest BCUT2D eigenvalue weighted by atomic mass is 10.2. The molecule has 140 valence electrons. The molecular formula is C19H20N4O3S. The van der Waals surface area contributed by atoms with Gasteiger partial charge in [0.15, 0.2) is 11.0 Å². The lowest BCUT2D eigenvalue weighted by Crippen LogP contribution is -2.24. The second-order valence-electron chi connectivity index (χ2n) is 5.55. The van der Waals surface area contributed by atoms with Crippen LogP contribution in [0.15, 0.2) is 53.7 Å². The van der Waals surface area contributed by atoms with Gasteiger partial charge in [0.2, 0.25) is 0 Å². The first kappa shape index (κ1) is 18.8. The van der Waals surface area contributed by atoms with Gasteiger partial charge < -0.3 is 14.8 Å². The van der Waals surface area contributed by atoms with Crippen LogP contribution >= 0.6 is 11.8 Å². The summed E-state index contributed by atoms with van der Waals surface area (Å²) in [6, 6.07) is 14.5. The molecule has 0 saturated heterocycles. The van der Waals surface area contributed by atoms with E-state index in [0.29, 0.717) is 17.1 Å². The standard InChI is InChI=1S/C19H20N4O3S/c1-25-15-8-4-13(5-9-15)18(24)20-12-17-21-22-19(27-3)23(17)14-6-10-16(26-2)11-7-14/h4-11H,12H2,1-3H3,(H,20,24). The molecule has 2 aromatic carbocycles. The van der Waals surface area contributed by atoms with E-state index < -0.39 is 0 Å². The number of carbonyl (C=O) groups is 1. The molecule has 0 atom stereocenters. The number of methoxy groups -OCH3 is 2. The number of thioether (sulfide) groups is 1. The van der Waals surface area contributed by atoms with Gasteiger partial charge in [-0.25, -0.2) is 0 Å². The molecule has 0 aliphatic carbocycles. The van der Waals surface area contributed by atoms with Gasteiger partial charge in [0.25, 0.3) is 5.91 Å². The molecule has 0 saturated carbocycles. The fourth-order valence-electron chi connectivity index (χ4n) is 2.54. The van der Waals surface area contributed by atoms with Gasteiger partial charge in [0.05, 0.1) is 20.8 Å². The average molecular weight is 384 g/mol. The Morgan fingerprint density at radius 2 is 1.59 bits per heavy atom. The Morgan fingerprint density at radius 3 is 2.15 bits per heavy atom. The molecule has 0 fully saturated rings. The predicted octanol–water partition coefficient (Wildman–Crippen LogP) is 2.94. The molecule has 3 rings (SSSR count). The number of carbonyl (C=O) groups excluding carboxylic acids is 1. The summed E-state index contributed by atoms with van der Waals surface area (Å²) < 4.78 is 12.2. The smallest absolute Gasteiger partial charge is 0.251 e. The molecule has 27 heavy (non-hydrogen) atoms. The fourth-order valence-corrected chi connectivity index (χ4v) is 3.06. The summed E-state index contributed by atoms with van der Waals surface area (Å²) in [4.78, 5) is 12.4. The Bertz CT molecular complexity index is 908. The van der Waals surface area contributed by atoms with Crippen LogP contribution in [0.3, 0.4) is 0 Å². The van der Waals surface area contributed by atoms with Gasteiger partial charge in [-0.1, -0.05) is 11.8 Å². The van der Waals surface area contributed by atoms with E-state index in [1.807, 2.05) is 35.1 Å². The number of amides is 1. The summed E-state index contributed by atoms with van der Waals surface area (Å²) in [6.45, 7) is 0.254. The van der Waals surface area contributed by atoms with Gasteiger partial charge in [-0.05, 0) is 54.8 Å². The van der Waals surface area contributed by atoms with Gasteiger partial charge in [-0.15, -0.1) is 10.2 Å². The highest BCUT2D eigenvalue weighted by Crippen LogP contribution is 2.22. The minimum absolute atomic E-state index is 0.187. The molecule has 0 aliphatic heterocycles. The van der Waals surface area contributed by atoms with Crippen LogP contribution in [-0.4, -0.2) is 41.1 Å². The van der Waals surface area contributed by atoms with Crippen LogP contribution in [0, 0.1) is 0 Å². The maximum Gasteiger partial charge on any atom is 0.251 e. The minimum atomic E-state index is -0.187. The van der Waals surface area contributed by atoms with Crippen LogP contribution in [0.1, 0.15) is 16.2 Å². The van der Waals surface area contributed by atoms with E-state index in [0.717, 1.165) is 16.6 Å². The highest BCUT2D eigenvalue weighted by molar-refractivity contribution is 7.98. The monoisotopic (exact) mass is 384 g/mol. The van der Waals surface area contributed by atoms with Gasteiger partial charge in [0.1, 0.15) is 11.5 Å². The van der Waals surface area contributed by atoms with E-state index in [1.165, 1.54) is 11.8 Å². The van der Waals surface area contributed by atoms with Crippen molar-refractivity contribution in [2.45, 2.75) is 11.7 Å². The SMILES string of the molecule is COc1ccc(C(=O)NCc2nnc(SC)n2-c2ccc(OC)cc2)cc1. The first-order valence-electron chi connectivity index (χ1n) is 8.21. The van der Waals surface area contributed by atoms with Crippen molar-refractivity contribution < 1.29 is 14.3 Å². The Labute approximate surface area is 161 Å². The van der Waals surface area contributed by atoms with E-state index in [4.69, 9.17) is 9.47 Å². The maximum atomic E-state index is 12.4. The van der Waals surface area contributed by atoms with E-state index in [-0.39, 0.29) is 12.5 Å². The predicted molar refractivity (Wildman–Crippen MR) is 104 cm³/mol. The maximum absolute atomic E-state index is 12.4. The van der Waals surface area contributed by atoms with Gasteiger partial charge in [0, 0.05) is 11.3 Å². The molecule has 1 aromatic heterocycles. The number of benzene rings is 2. The molecule has 1 N–H and O–H groups in total. The molecule has 1 amide bonds. The largest absolute Gasteiger partial charge is 0.497 e. The van der Waals surface area contributed by atoms with Crippen LogP contribution in [-0.2, 0) is 6.54 Å². The van der Waals surface area contributed by atoms with Crippen LogP contribution in [0.25, 0.3) is 5.69 Å². The normalized spacial score (nSPS) is 10.5. The lowest BCUT2D eigenvalue weighted by Gasteiger charge is -2.11. The number of hydrogen-bond acceptors (Lipinski definition) is 6. The average Bonchev–Trinajstić information content (AvgIpc) is 3.15. The van der Waals surface area contributed by atoms with Crippen LogP contribution in [0.2, 0.25) is 0 Å². The second-order valence-corrected chi connectivity index (χ2v) is 6.32. The van der Waals surface area contributed by atoms with Crippen LogP contribution in [0.5, 0.6) is 11.5 Å². The number of nitrogens with one attached hydrogen (secondary N) is 1. The number of nitrogens with zero attached hydrogens (tertiary/aromatic N) is 3. The second kappa shape index (κ2) is 8.59. The third-order valence-electron chi connectivity index (χ3n) is 3.97. The minimum Gasteiger partial charge on any atom is -0.497 e. The lowest BCUT2D eigenvalue weighted by molar-refractivity contribution is 0.0949. The summed E-state index contributed by atoms with van der Waals surface area (Å²) >= 11 is 1.49. The molecular weight excluding hydrogens is 364 g/mol. The van der Waals surface area contributed by atoms with Crippen molar-refractivity contribution in [3.05, 3.63) is 59.9 Å². The van der Waals surface area contributed by atoms with Crippen molar-refractivity contribution in [1.29, 1.82) is 0 Å². The molecule has 3 aromatic rings. The zero-order valence-corrected chi connectivity index (χ0v) is 16.1. The molecule has 7 nitrogen and oxygen atoms in total. The van der Waals surface area contributed by atoms with Crippen molar-refractivity contribution in [2.75, 3.05) is 20.5 Å². The third-order valence-corrected chi connectivity index (χ3v) is 4.60. The third kappa shape index (κ3) is 4.22. The van der Waals surface area contributed by atoms with Crippen molar-refractivity contribution in [3.63, 3.8) is 0 Å². The molecule has 0 bridgehead atoms. The van der Waals surface area contributed by atoms with Crippen molar-refractivity contribution in [1.82, 2.24) is 20.1 Å². The van der Waals surface area contributed by atoms with Gasteiger partial charge >= 0.3 is 0 Å². The van der Waals surface area contributed by atoms with E-state index >= 15 is 0 Å². The van der Waals surface area contributed by atoms with Crippen LogP contribution in [0.4, 0.5) is 0 Å². The number of ether oxygens (including phenoxy) is 2. The Morgan fingerprint density at radius 1 is 1.00 bits per heavy atom. The van der Waals surface area contributed by atoms with Gasteiger partial charge in [-0.2, -0.15) is 0 Å². The van der Waals surface area contributed by atoms with E-state index in [9.17, 15) is 4.79 Å². The summed E-state index contributed by atoms with van der Waals surface area (Å²) in [5.74, 6) is 1.93. The topological polar surface area (TPSA) is 78.3 Å².